The third kappa shape index (κ3) is 1.41. The Morgan fingerprint density at radius 1 is 1.00 bits per heavy atom. The molecule has 0 atom stereocenters. The number of hydrogen-bond donors (Lipinski definition) is 0. The molecule has 0 spiro atoms. The Hall–Kier alpha value is -0.350. The average Bonchev–Trinajstić information content (AvgIpc) is 2.30. The molecule has 0 N–H and O–H groups in total. The van der Waals surface area contributed by atoms with Crippen molar-refractivity contribution in [2.24, 2.45) is 0 Å². The summed E-state index contributed by atoms with van der Waals surface area (Å²) < 4.78 is 0.905. The van der Waals surface area contributed by atoms with E-state index >= 15 is 0 Å². The maximum Gasteiger partial charge on any atom is 0.145 e. The van der Waals surface area contributed by atoms with Crippen LogP contribution < -0.4 is 28.5 Å². The summed E-state index contributed by atoms with van der Waals surface area (Å²) in [5, 5.41) is 0. The van der Waals surface area contributed by atoms with Crippen molar-refractivity contribution in [3.8, 4) is 0 Å². The van der Waals surface area contributed by atoms with E-state index in [0.717, 1.165) is 4.48 Å². The lowest BCUT2D eigenvalue weighted by Gasteiger charge is -2.25. The van der Waals surface area contributed by atoms with Crippen molar-refractivity contribution in [1.82, 2.24) is 4.48 Å². The van der Waals surface area contributed by atoms with Crippen LogP contribution in [0.5, 0.6) is 0 Å². The molecule has 1 aliphatic rings. The van der Waals surface area contributed by atoms with Gasteiger partial charge in [-0.15, -0.1) is 0 Å². The summed E-state index contributed by atoms with van der Waals surface area (Å²) in [4.78, 5) is 0. The number of benzene rings is 1. The fraction of sp³-hybridized carbons (Fsp3) is 0.333. The van der Waals surface area contributed by atoms with Gasteiger partial charge in [0.2, 0.25) is 0 Å². The smallest absolute Gasteiger partial charge is 0.145 e. The van der Waals surface area contributed by atoms with Gasteiger partial charge in [0.1, 0.15) is 11.4 Å². The Balaban J connectivity index is 0.000000980. The van der Waals surface area contributed by atoms with Crippen LogP contribution in [0.2, 0.25) is 0 Å². The number of fused-ring (bicyclic) bond motifs is 1. The molecule has 2 rings (SSSR count). The van der Waals surface area contributed by atoms with Crippen LogP contribution in [0.15, 0.2) is 30.0 Å². The fourth-order valence-corrected chi connectivity index (χ4v) is 2.07. The Labute approximate surface area is 103 Å². The summed E-state index contributed by atoms with van der Waals surface area (Å²) in [7, 11) is 4.48. The summed E-state index contributed by atoms with van der Waals surface area (Å²) in [6.07, 6.45) is 0. The van der Waals surface area contributed by atoms with Gasteiger partial charge in [-0.3, -0.25) is 4.48 Å². The number of quaternary nitrogens is 1. The highest BCUT2D eigenvalue weighted by molar-refractivity contribution is 5.83. The number of para-hydroxylation sites is 1. The minimum atomic E-state index is 0. The van der Waals surface area contributed by atoms with Crippen molar-refractivity contribution in [2.75, 3.05) is 14.1 Å². The van der Waals surface area contributed by atoms with E-state index in [1.807, 2.05) is 0 Å². The van der Waals surface area contributed by atoms with E-state index in [-0.39, 0.29) is 24.0 Å². The molecule has 0 saturated heterocycles. The summed E-state index contributed by atoms with van der Waals surface area (Å²) in [5.41, 5.74) is 5.70. The van der Waals surface area contributed by atoms with Gasteiger partial charge in [0.25, 0.3) is 0 Å². The first kappa shape index (κ1) is 11.7. The maximum atomic E-state index is 2.24. The molecular weight excluding hydrogens is 285 g/mol. The van der Waals surface area contributed by atoms with Crippen LogP contribution >= 0.6 is 0 Å². The molecule has 0 bridgehead atoms. The normalized spacial score (nSPS) is 17.7. The number of halogens is 1. The molecule has 1 aromatic rings. The fourth-order valence-electron chi connectivity index (χ4n) is 2.07. The molecule has 0 aromatic heterocycles. The predicted molar refractivity (Wildman–Crippen MR) is 58.4 cm³/mol. The van der Waals surface area contributed by atoms with E-state index < -0.39 is 0 Å². The lowest BCUT2D eigenvalue weighted by atomic mass is 10.1. The van der Waals surface area contributed by atoms with Crippen LogP contribution in [-0.4, -0.2) is 14.1 Å². The molecule has 0 unspecified atom stereocenters. The summed E-state index contributed by atoms with van der Waals surface area (Å²) >= 11 is 0. The molecular formula is C12H16IN. The Morgan fingerprint density at radius 2 is 1.57 bits per heavy atom. The van der Waals surface area contributed by atoms with Crippen molar-refractivity contribution >= 4 is 11.3 Å². The van der Waals surface area contributed by atoms with Gasteiger partial charge >= 0.3 is 0 Å². The van der Waals surface area contributed by atoms with E-state index in [1.54, 1.807) is 0 Å². The first-order chi connectivity index (χ1) is 6.05. The molecule has 0 fully saturated rings. The van der Waals surface area contributed by atoms with Gasteiger partial charge in [-0.25, -0.2) is 0 Å². The Bertz CT molecular complexity index is 391. The van der Waals surface area contributed by atoms with E-state index in [9.17, 15) is 0 Å². The third-order valence-electron chi connectivity index (χ3n) is 3.29. The van der Waals surface area contributed by atoms with Crippen molar-refractivity contribution < 1.29 is 24.0 Å². The predicted octanol–water partition coefficient (Wildman–Crippen LogP) is 0.0220. The number of hydrogen-bond acceptors (Lipinski definition) is 0. The van der Waals surface area contributed by atoms with E-state index in [4.69, 9.17) is 0 Å². The third-order valence-corrected chi connectivity index (χ3v) is 3.29. The molecule has 0 amide bonds. The molecule has 1 aliphatic heterocycles. The first-order valence-electron chi connectivity index (χ1n) is 4.67. The monoisotopic (exact) mass is 301 g/mol. The number of rotatable bonds is 0. The van der Waals surface area contributed by atoms with Gasteiger partial charge in [-0.2, -0.15) is 0 Å². The van der Waals surface area contributed by atoms with Gasteiger partial charge in [0, 0.05) is 24.1 Å². The van der Waals surface area contributed by atoms with Crippen LogP contribution in [0.4, 0.5) is 5.69 Å². The quantitative estimate of drug-likeness (QED) is 0.468. The maximum absolute atomic E-state index is 2.24. The lowest BCUT2D eigenvalue weighted by Crippen LogP contribution is -3.00. The van der Waals surface area contributed by atoms with Crippen LogP contribution in [0.25, 0.3) is 5.57 Å². The molecule has 1 nitrogen and oxygen atoms in total. The van der Waals surface area contributed by atoms with Crippen LogP contribution in [0.3, 0.4) is 0 Å². The van der Waals surface area contributed by atoms with Gasteiger partial charge in [0.15, 0.2) is 0 Å². The van der Waals surface area contributed by atoms with Gasteiger partial charge in [-0.05, 0) is 13.0 Å². The largest absolute Gasteiger partial charge is 1.00 e. The Kier molecular flexibility index (Phi) is 3.07. The van der Waals surface area contributed by atoms with E-state index in [1.165, 1.54) is 22.5 Å². The summed E-state index contributed by atoms with van der Waals surface area (Å²) in [6.45, 7) is 4.43. The van der Waals surface area contributed by atoms with Gasteiger partial charge < -0.3 is 24.0 Å². The number of nitrogens with zero attached hydrogens (tertiary/aromatic N) is 1. The van der Waals surface area contributed by atoms with Crippen molar-refractivity contribution in [2.45, 2.75) is 13.8 Å². The van der Waals surface area contributed by atoms with Crippen molar-refractivity contribution in [1.29, 1.82) is 0 Å². The molecule has 76 valence electrons. The highest BCUT2D eigenvalue weighted by atomic mass is 127. The van der Waals surface area contributed by atoms with Gasteiger partial charge in [-0.1, -0.05) is 12.1 Å². The molecule has 2 heteroatoms. The SMILES string of the molecule is CC1=C(C)[N+](C)(C)c2ccccc21.[I-]. The summed E-state index contributed by atoms with van der Waals surface area (Å²) in [6, 6.07) is 8.65. The van der Waals surface area contributed by atoms with Crippen LogP contribution in [-0.2, 0) is 0 Å². The molecule has 0 saturated carbocycles. The highest BCUT2D eigenvalue weighted by Crippen LogP contribution is 2.41. The van der Waals surface area contributed by atoms with Crippen molar-refractivity contribution in [3.63, 3.8) is 0 Å². The topological polar surface area (TPSA) is 0 Å². The highest BCUT2D eigenvalue weighted by Gasteiger charge is 2.33. The Morgan fingerprint density at radius 3 is 2.14 bits per heavy atom. The molecule has 1 aromatic carbocycles. The second-order valence-corrected chi connectivity index (χ2v) is 4.18. The molecule has 1 heterocycles. The zero-order valence-corrected chi connectivity index (χ0v) is 11.3. The molecule has 0 aliphatic carbocycles. The zero-order chi connectivity index (χ0) is 9.64. The minimum Gasteiger partial charge on any atom is -1.00 e. The summed E-state index contributed by atoms with van der Waals surface area (Å²) in [5.74, 6) is 0. The molecule has 0 radical (unpaired) electrons. The number of allylic oxidation sites excluding steroid dienone is 2. The van der Waals surface area contributed by atoms with E-state index in [0.29, 0.717) is 0 Å². The second-order valence-electron chi connectivity index (χ2n) is 4.18. The van der Waals surface area contributed by atoms with E-state index in [2.05, 4.69) is 52.2 Å². The average molecular weight is 301 g/mol. The standard InChI is InChI=1S/C12H16N.HI/c1-9-10(2)13(3,4)12-8-6-5-7-11(9)12;/h5-8H,1-4H3;1H/q+1;/p-1. The van der Waals surface area contributed by atoms with Gasteiger partial charge in [0.05, 0.1) is 14.1 Å². The lowest BCUT2D eigenvalue weighted by molar-refractivity contribution is -0.00000284. The van der Waals surface area contributed by atoms with Crippen LogP contribution in [0.1, 0.15) is 19.4 Å². The second kappa shape index (κ2) is 3.66. The zero-order valence-electron chi connectivity index (χ0n) is 9.13. The van der Waals surface area contributed by atoms with Crippen molar-refractivity contribution in [3.05, 3.63) is 35.5 Å². The first-order valence-corrected chi connectivity index (χ1v) is 4.67. The minimum absolute atomic E-state index is 0. The van der Waals surface area contributed by atoms with Crippen LogP contribution in [0, 0.1) is 0 Å². The molecule has 14 heavy (non-hydrogen) atoms.